The second-order valence-corrected chi connectivity index (χ2v) is 3.64. The molecule has 1 rings (SSSR count). The van der Waals surface area contributed by atoms with Gasteiger partial charge in [0.15, 0.2) is 0 Å². The van der Waals surface area contributed by atoms with Crippen molar-refractivity contribution < 1.29 is 0 Å². The molecule has 1 nitrogen and oxygen atoms in total. The maximum Gasteiger partial charge on any atom is 0.0469 e. The number of aliphatic imine (C=N–C) groups is 1. The van der Waals surface area contributed by atoms with Crippen LogP contribution in [0.1, 0.15) is 34.1 Å². The van der Waals surface area contributed by atoms with Gasteiger partial charge in [-0.05, 0) is 25.3 Å². The van der Waals surface area contributed by atoms with Gasteiger partial charge in [0.1, 0.15) is 0 Å². The van der Waals surface area contributed by atoms with E-state index in [1.54, 1.807) is 0 Å². The van der Waals surface area contributed by atoms with E-state index >= 15 is 0 Å². The third-order valence-corrected chi connectivity index (χ3v) is 2.28. The van der Waals surface area contributed by atoms with Gasteiger partial charge in [-0.25, -0.2) is 0 Å². The van der Waals surface area contributed by atoms with E-state index in [2.05, 4.69) is 44.8 Å². The maximum atomic E-state index is 4.59. The average molecular weight is 163 g/mol. The summed E-state index contributed by atoms with van der Waals surface area (Å²) < 4.78 is 0. The standard InChI is InChI=1S/C11H17N/c1-8(2)10(4)12-11-7-5-6-9(11)3/h5-6,8H,7H2,1-4H3. The van der Waals surface area contributed by atoms with E-state index in [0.29, 0.717) is 5.92 Å². The van der Waals surface area contributed by atoms with E-state index in [0.717, 1.165) is 6.42 Å². The average Bonchev–Trinajstić information content (AvgIpc) is 2.36. The molecule has 0 aliphatic heterocycles. The van der Waals surface area contributed by atoms with Crippen LogP contribution in [0.15, 0.2) is 28.4 Å². The predicted octanol–water partition coefficient (Wildman–Crippen LogP) is 3.34. The lowest BCUT2D eigenvalue weighted by molar-refractivity contribution is 0.872. The number of rotatable bonds is 2. The molecule has 0 atom stereocenters. The highest BCUT2D eigenvalue weighted by Gasteiger charge is 2.05. The van der Waals surface area contributed by atoms with Crippen molar-refractivity contribution in [2.75, 3.05) is 0 Å². The fourth-order valence-corrected chi connectivity index (χ4v) is 1.08. The number of allylic oxidation sites excluding steroid dienone is 3. The first kappa shape index (κ1) is 9.24. The van der Waals surface area contributed by atoms with E-state index < -0.39 is 0 Å². The van der Waals surface area contributed by atoms with Crippen LogP contribution in [0.3, 0.4) is 0 Å². The number of hydrogen-bond donors (Lipinski definition) is 0. The summed E-state index contributed by atoms with van der Waals surface area (Å²) in [7, 11) is 0. The molecule has 1 heteroatoms. The lowest BCUT2D eigenvalue weighted by atomic mass is 10.1. The smallest absolute Gasteiger partial charge is 0.0469 e. The van der Waals surface area contributed by atoms with Crippen molar-refractivity contribution in [3.63, 3.8) is 0 Å². The summed E-state index contributed by atoms with van der Waals surface area (Å²) in [6.07, 6.45) is 5.32. The van der Waals surface area contributed by atoms with Crippen LogP contribution in [0.4, 0.5) is 0 Å². The molecule has 66 valence electrons. The van der Waals surface area contributed by atoms with Crippen molar-refractivity contribution in [3.8, 4) is 0 Å². The molecule has 0 spiro atoms. The summed E-state index contributed by atoms with van der Waals surface area (Å²) in [6.45, 7) is 8.58. The normalized spacial score (nSPS) is 18.2. The monoisotopic (exact) mass is 163 g/mol. The predicted molar refractivity (Wildman–Crippen MR) is 54.4 cm³/mol. The SMILES string of the molecule is CC(=NC1=C(C)C=CC1)C(C)C. The Balaban J connectivity index is 2.75. The first-order valence-corrected chi connectivity index (χ1v) is 4.52. The first-order valence-electron chi connectivity index (χ1n) is 4.52. The van der Waals surface area contributed by atoms with Gasteiger partial charge in [-0.3, -0.25) is 4.99 Å². The fourth-order valence-electron chi connectivity index (χ4n) is 1.08. The number of hydrogen-bond acceptors (Lipinski definition) is 1. The molecule has 0 heterocycles. The molecule has 0 saturated carbocycles. The Morgan fingerprint density at radius 3 is 2.58 bits per heavy atom. The molecule has 0 bridgehead atoms. The fraction of sp³-hybridized carbons (Fsp3) is 0.545. The molecule has 12 heavy (non-hydrogen) atoms. The third-order valence-electron chi connectivity index (χ3n) is 2.28. The molecule has 1 aliphatic carbocycles. The largest absolute Gasteiger partial charge is 0.262 e. The van der Waals surface area contributed by atoms with Gasteiger partial charge in [-0.15, -0.1) is 0 Å². The highest BCUT2D eigenvalue weighted by atomic mass is 14.8. The second-order valence-electron chi connectivity index (χ2n) is 3.64. The molecule has 0 radical (unpaired) electrons. The molecule has 0 aromatic heterocycles. The van der Waals surface area contributed by atoms with Crippen molar-refractivity contribution in [2.45, 2.75) is 34.1 Å². The van der Waals surface area contributed by atoms with Gasteiger partial charge in [0, 0.05) is 17.8 Å². The van der Waals surface area contributed by atoms with Gasteiger partial charge in [0.05, 0.1) is 0 Å². The topological polar surface area (TPSA) is 12.4 Å². The van der Waals surface area contributed by atoms with E-state index in [1.165, 1.54) is 17.0 Å². The molecule has 0 unspecified atom stereocenters. The number of nitrogens with zero attached hydrogens (tertiary/aromatic N) is 1. The zero-order valence-electron chi connectivity index (χ0n) is 8.39. The second kappa shape index (κ2) is 3.70. The molecule has 0 N–H and O–H groups in total. The van der Waals surface area contributed by atoms with E-state index in [9.17, 15) is 0 Å². The van der Waals surface area contributed by atoms with E-state index in [4.69, 9.17) is 0 Å². The Hall–Kier alpha value is -0.850. The molecular weight excluding hydrogens is 146 g/mol. The minimum absolute atomic E-state index is 0.561. The van der Waals surface area contributed by atoms with Crippen molar-refractivity contribution >= 4 is 5.71 Å². The van der Waals surface area contributed by atoms with Crippen molar-refractivity contribution in [1.82, 2.24) is 0 Å². The Labute approximate surface area is 74.9 Å². The van der Waals surface area contributed by atoms with Gasteiger partial charge in [0.25, 0.3) is 0 Å². The summed E-state index contributed by atoms with van der Waals surface area (Å²) in [4.78, 5) is 4.59. The van der Waals surface area contributed by atoms with Gasteiger partial charge in [-0.2, -0.15) is 0 Å². The van der Waals surface area contributed by atoms with Gasteiger partial charge in [0.2, 0.25) is 0 Å². The highest BCUT2D eigenvalue weighted by molar-refractivity contribution is 5.84. The molecule has 1 aliphatic rings. The Morgan fingerprint density at radius 1 is 1.50 bits per heavy atom. The van der Waals surface area contributed by atoms with E-state index in [1.807, 2.05) is 0 Å². The summed E-state index contributed by atoms with van der Waals surface area (Å²) in [6, 6.07) is 0. The minimum atomic E-state index is 0.561. The van der Waals surface area contributed by atoms with Crippen LogP contribution in [0.25, 0.3) is 0 Å². The Kier molecular flexibility index (Phi) is 2.85. The van der Waals surface area contributed by atoms with Crippen LogP contribution in [0.2, 0.25) is 0 Å². The molecule has 0 amide bonds. The third kappa shape index (κ3) is 2.07. The van der Waals surface area contributed by atoms with Crippen LogP contribution < -0.4 is 0 Å². The van der Waals surface area contributed by atoms with Gasteiger partial charge >= 0.3 is 0 Å². The van der Waals surface area contributed by atoms with Crippen LogP contribution in [0.5, 0.6) is 0 Å². The van der Waals surface area contributed by atoms with Gasteiger partial charge < -0.3 is 0 Å². The quantitative estimate of drug-likeness (QED) is 0.554. The molecule has 0 fully saturated rings. The summed E-state index contributed by atoms with van der Waals surface area (Å²) in [5.74, 6) is 0.561. The van der Waals surface area contributed by atoms with Crippen molar-refractivity contribution in [3.05, 3.63) is 23.4 Å². The van der Waals surface area contributed by atoms with E-state index in [-0.39, 0.29) is 0 Å². The van der Waals surface area contributed by atoms with Crippen LogP contribution in [-0.4, -0.2) is 5.71 Å². The Bertz CT molecular complexity index is 254. The maximum absolute atomic E-state index is 4.59. The molecule has 0 aromatic carbocycles. The van der Waals surface area contributed by atoms with Crippen LogP contribution in [0, 0.1) is 5.92 Å². The minimum Gasteiger partial charge on any atom is -0.262 e. The molecular formula is C11H17N. The summed E-state index contributed by atoms with van der Waals surface area (Å²) in [5, 5.41) is 0. The van der Waals surface area contributed by atoms with Crippen LogP contribution >= 0.6 is 0 Å². The highest BCUT2D eigenvalue weighted by Crippen LogP contribution is 2.20. The first-order chi connectivity index (χ1) is 5.61. The zero-order chi connectivity index (χ0) is 9.14. The zero-order valence-corrected chi connectivity index (χ0v) is 8.39. The summed E-state index contributed by atoms with van der Waals surface area (Å²) >= 11 is 0. The molecule has 0 aromatic rings. The van der Waals surface area contributed by atoms with Crippen molar-refractivity contribution in [2.24, 2.45) is 10.9 Å². The lowest BCUT2D eigenvalue weighted by Gasteiger charge is -2.04. The molecule has 0 saturated heterocycles. The summed E-state index contributed by atoms with van der Waals surface area (Å²) in [5.41, 5.74) is 3.78. The van der Waals surface area contributed by atoms with Crippen LogP contribution in [-0.2, 0) is 0 Å². The van der Waals surface area contributed by atoms with Gasteiger partial charge in [-0.1, -0.05) is 26.0 Å². The Morgan fingerprint density at radius 2 is 2.17 bits per heavy atom. The van der Waals surface area contributed by atoms with Crippen molar-refractivity contribution in [1.29, 1.82) is 0 Å². The lowest BCUT2D eigenvalue weighted by Crippen LogP contribution is -2.01.